The Labute approximate surface area is 118 Å². The maximum absolute atomic E-state index is 13.7. The van der Waals surface area contributed by atoms with E-state index in [-0.39, 0.29) is 11.4 Å². The Kier molecular flexibility index (Phi) is 2.57. The van der Waals surface area contributed by atoms with Crippen molar-refractivity contribution in [2.24, 2.45) is 0 Å². The molecular weight excluding hydrogens is 278 g/mol. The predicted octanol–water partition coefficient (Wildman–Crippen LogP) is 4.08. The first kappa shape index (κ1) is 11.9. The maximum Gasteiger partial charge on any atom is 0.186 e. The standard InChI is InChI=1S/C15H10F2N2S/c16-10-5-6-11-14(13(10)17)19-15(18-11)9-7-20-12-4-2-1-3-8(9)12/h1-6,9H,7H2,(H,18,19). The van der Waals surface area contributed by atoms with Crippen LogP contribution in [0.15, 0.2) is 41.3 Å². The number of aromatic amines is 1. The molecule has 2 nitrogen and oxygen atoms in total. The monoisotopic (exact) mass is 288 g/mol. The number of benzene rings is 2. The van der Waals surface area contributed by atoms with Gasteiger partial charge in [-0.2, -0.15) is 0 Å². The van der Waals surface area contributed by atoms with Crippen molar-refractivity contribution < 1.29 is 8.78 Å². The minimum atomic E-state index is -0.885. The molecule has 1 N–H and O–H groups in total. The minimum absolute atomic E-state index is 0.0781. The minimum Gasteiger partial charge on any atom is -0.341 e. The molecule has 2 aromatic carbocycles. The van der Waals surface area contributed by atoms with E-state index in [4.69, 9.17) is 0 Å². The SMILES string of the molecule is Fc1ccc2[nH]c(C3CSc4ccccc43)nc2c1F. The highest BCUT2D eigenvalue weighted by atomic mass is 32.2. The Bertz CT molecular complexity index is 813. The van der Waals surface area contributed by atoms with Crippen molar-refractivity contribution in [2.75, 3.05) is 5.75 Å². The van der Waals surface area contributed by atoms with Crippen molar-refractivity contribution in [2.45, 2.75) is 10.8 Å². The molecule has 3 aromatic rings. The Hall–Kier alpha value is -1.88. The lowest BCUT2D eigenvalue weighted by Crippen LogP contribution is -2.01. The van der Waals surface area contributed by atoms with E-state index in [1.54, 1.807) is 11.8 Å². The highest BCUT2D eigenvalue weighted by molar-refractivity contribution is 7.99. The van der Waals surface area contributed by atoms with Gasteiger partial charge in [0.1, 0.15) is 11.3 Å². The average Bonchev–Trinajstić information content (AvgIpc) is 3.06. The highest BCUT2D eigenvalue weighted by Gasteiger charge is 2.27. The van der Waals surface area contributed by atoms with Crippen LogP contribution in [-0.4, -0.2) is 15.7 Å². The van der Waals surface area contributed by atoms with Crippen molar-refractivity contribution in [1.82, 2.24) is 9.97 Å². The molecule has 0 amide bonds. The molecule has 1 unspecified atom stereocenters. The number of imidazole rings is 1. The molecule has 0 spiro atoms. The second-order valence-electron chi connectivity index (χ2n) is 4.78. The van der Waals surface area contributed by atoms with Gasteiger partial charge in [-0.05, 0) is 23.8 Å². The van der Waals surface area contributed by atoms with E-state index >= 15 is 0 Å². The first-order chi connectivity index (χ1) is 9.74. The van der Waals surface area contributed by atoms with Gasteiger partial charge in [0, 0.05) is 10.6 Å². The van der Waals surface area contributed by atoms with Gasteiger partial charge < -0.3 is 4.98 Å². The average molecular weight is 288 g/mol. The molecule has 4 rings (SSSR count). The van der Waals surface area contributed by atoms with Crippen LogP contribution in [0.2, 0.25) is 0 Å². The zero-order valence-electron chi connectivity index (χ0n) is 10.4. The Morgan fingerprint density at radius 1 is 1.15 bits per heavy atom. The Morgan fingerprint density at radius 3 is 2.90 bits per heavy atom. The molecule has 2 heterocycles. The molecule has 5 heteroatoms. The number of thioether (sulfide) groups is 1. The summed E-state index contributed by atoms with van der Waals surface area (Å²) >= 11 is 1.76. The number of halogens is 2. The van der Waals surface area contributed by atoms with Gasteiger partial charge in [-0.1, -0.05) is 18.2 Å². The fraction of sp³-hybridized carbons (Fsp3) is 0.133. The topological polar surface area (TPSA) is 28.7 Å². The number of nitrogens with one attached hydrogen (secondary N) is 1. The van der Waals surface area contributed by atoms with Crippen LogP contribution in [0, 0.1) is 11.6 Å². The van der Waals surface area contributed by atoms with Crippen molar-refractivity contribution in [3.8, 4) is 0 Å². The van der Waals surface area contributed by atoms with E-state index < -0.39 is 11.6 Å². The predicted molar refractivity (Wildman–Crippen MR) is 75.0 cm³/mol. The van der Waals surface area contributed by atoms with E-state index in [1.165, 1.54) is 16.5 Å². The molecule has 1 aliphatic heterocycles. The number of rotatable bonds is 1. The van der Waals surface area contributed by atoms with Crippen LogP contribution in [0.4, 0.5) is 8.78 Å². The molecule has 100 valence electrons. The summed E-state index contributed by atoms with van der Waals surface area (Å²) in [5, 5.41) is 0. The largest absolute Gasteiger partial charge is 0.341 e. The number of hydrogen-bond acceptors (Lipinski definition) is 2. The van der Waals surface area contributed by atoms with Gasteiger partial charge in [-0.15, -0.1) is 11.8 Å². The number of aromatic nitrogens is 2. The van der Waals surface area contributed by atoms with Crippen molar-refractivity contribution >= 4 is 22.8 Å². The molecule has 0 bridgehead atoms. The van der Waals surface area contributed by atoms with Crippen LogP contribution in [0.1, 0.15) is 17.3 Å². The first-order valence-corrected chi connectivity index (χ1v) is 7.28. The fourth-order valence-corrected chi connectivity index (χ4v) is 3.83. The molecule has 20 heavy (non-hydrogen) atoms. The van der Waals surface area contributed by atoms with Crippen LogP contribution in [-0.2, 0) is 0 Å². The number of nitrogens with zero attached hydrogens (tertiary/aromatic N) is 1. The second kappa shape index (κ2) is 4.31. The molecule has 0 saturated heterocycles. The number of hydrogen-bond donors (Lipinski definition) is 1. The van der Waals surface area contributed by atoms with Gasteiger partial charge in [0.25, 0.3) is 0 Å². The molecule has 1 aromatic heterocycles. The van der Waals surface area contributed by atoms with Gasteiger partial charge in [0.05, 0.1) is 11.4 Å². The third-order valence-corrected chi connectivity index (χ3v) is 4.78. The van der Waals surface area contributed by atoms with Crippen LogP contribution < -0.4 is 0 Å². The molecule has 1 atom stereocenters. The smallest absolute Gasteiger partial charge is 0.186 e. The quantitative estimate of drug-likeness (QED) is 0.731. The zero-order valence-corrected chi connectivity index (χ0v) is 11.2. The maximum atomic E-state index is 13.7. The summed E-state index contributed by atoms with van der Waals surface area (Å²) < 4.78 is 27.0. The third-order valence-electron chi connectivity index (χ3n) is 3.59. The zero-order chi connectivity index (χ0) is 13.7. The van der Waals surface area contributed by atoms with E-state index in [9.17, 15) is 8.78 Å². The molecular formula is C15H10F2N2S. The second-order valence-corrected chi connectivity index (χ2v) is 5.84. The highest BCUT2D eigenvalue weighted by Crippen LogP contribution is 2.42. The van der Waals surface area contributed by atoms with Crippen LogP contribution in [0.3, 0.4) is 0 Å². The van der Waals surface area contributed by atoms with E-state index in [0.29, 0.717) is 11.3 Å². The van der Waals surface area contributed by atoms with Gasteiger partial charge in [-0.3, -0.25) is 0 Å². The molecule has 0 saturated carbocycles. The van der Waals surface area contributed by atoms with Crippen molar-refractivity contribution in [1.29, 1.82) is 0 Å². The summed E-state index contributed by atoms with van der Waals surface area (Å²) in [4.78, 5) is 8.61. The van der Waals surface area contributed by atoms with Gasteiger partial charge in [-0.25, -0.2) is 13.8 Å². The third kappa shape index (κ3) is 1.66. The van der Waals surface area contributed by atoms with Gasteiger partial charge in [0.15, 0.2) is 11.6 Å². The normalized spacial score (nSPS) is 17.6. The lowest BCUT2D eigenvalue weighted by Gasteiger charge is -2.06. The summed E-state index contributed by atoms with van der Waals surface area (Å²) in [7, 11) is 0. The lowest BCUT2D eigenvalue weighted by atomic mass is 10.0. The van der Waals surface area contributed by atoms with Gasteiger partial charge in [0.2, 0.25) is 0 Å². The van der Waals surface area contributed by atoms with Gasteiger partial charge >= 0.3 is 0 Å². The molecule has 0 fully saturated rings. The number of fused-ring (bicyclic) bond motifs is 2. The van der Waals surface area contributed by atoms with Crippen molar-refractivity contribution in [3.05, 3.63) is 59.4 Å². The molecule has 0 aliphatic carbocycles. The van der Waals surface area contributed by atoms with E-state index in [1.807, 2.05) is 12.1 Å². The van der Waals surface area contributed by atoms with Crippen LogP contribution >= 0.6 is 11.8 Å². The molecule has 0 radical (unpaired) electrons. The summed E-state index contributed by atoms with van der Waals surface area (Å²) in [6.07, 6.45) is 0. The van der Waals surface area contributed by atoms with Crippen molar-refractivity contribution in [3.63, 3.8) is 0 Å². The van der Waals surface area contributed by atoms with Crippen LogP contribution in [0.25, 0.3) is 11.0 Å². The fourth-order valence-electron chi connectivity index (χ4n) is 2.59. The van der Waals surface area contributed by atoms with Crippen LogP contribution in [0.5, 0.6) is 0 Å². The summed E-state index contributed by atoms with van der Waals surface area (Å²) in [5.74, 6) is -0.0859. The Balaban J connectivity index is 1.86. The lowest BCUT2D eigenvalue weighted by molar-refractivity contribution is 0.515. The summed E-state index contributed by atoms with van der Waals surface area (Å²) in [6, 6.07) is 10.8. The summed E-state index contributed by atoms with van der Waals surface area (Å²) in [5.41, 5.74) is 1.81. The Morgan fingerprint density at radius 2 is 2.00 bits per heavy atom. The number of H-pyrrole nitrogens is 1. The van der Waals surface area contributed by atoms with E-state index in [2.05, 4.69) is 22.1 Å². The summed E-state index contributed by atoms with van der Waals surface area (Å²) in [6.45, 7) is 0. The molecule has 1 aliphatic rings. The van der Waals surface area contributed by atoms with E-state index in [0.717, 1.165) is 11.8 Å². The first-order valence-electron chi connectivity index (χ1n) is 6.29.